The van der Waals surface area contributed by atoms with Gasteiger partial charge in [0.2, 0.25) is 0 Å². The van der Waals surface area contributed by atoms with E-state index in [2.05, 4.69) is 36.8 Å². The molecule has 4 nitrogen and oxygen atoms in total. The summed E-state index contributed by atoms with van der Waals surface area (Å²) in [5, 5.41) is 1.00. The highest BCUT2D eigenvalue weighted by atomic mass is 79.9. The molecule has 2 N–H and O–H groups in total. The number of hydrogen-bond donors (Lipinski definition) is 1. The number of fused-ring (bicyclic) bond motifs is 1. The summed E-state index contributed by atoms with van der Waals surface area (Å²) in [6.07, 6.45) is 1.74. The van der Waals surface area contributed by atoms with Gasteiger partial charge in [0.15, 0.2) is 0 Å². The monoisotopic (exact) mass is 407 g/mol. The van der Waals surface area contributed by atoms with Crippen LogP contribution in [0.1, 0.15) is 5.56 Å². The van der Waals surface area contributed by atoms with E-state index < -0.39 is 0 Å². The van der Waals surface area contributed by atoms with E-state index >= 15 is 0 Å². The van der Waals surface area contributed by atoms with Crippen molar-refractivity contribution in [2.45, 2.75) is 6.54 Å². The second-order valence-corrected chi connectivity index (χ2v) is 6.43. The van der Waals surface area contributed by atoms with Crippen LogP contribution in [0.25, 0.3) is 10.9 Å². The molecule has 106 valence electrons. The number of nitrogens with two attached hydrogens (primary N) is 1. The molecule has 1 aromatic carbocycles. The van der Waals surface area contributed by atoms with E-state index in [9.17, 15) is 4.79 Å². The molecule has 0 radical (unpaired) electrons. The lowest BCUT2D eigenvalue weighted by molar-refractivity contribution is 0.752. The number of anilines is 1. The van der Waals surface area contributed by atoms with E-state index in [1.807, 2.05) is 30.3 Å². The fourth-order valence-corrected chi connectivity index (χ4v) is 3.42. The molecule has 0 spiro atoms. The minimum absolute atomic E-state index is 0.106. The van der Waals surface area contributed by atoms with Crippen molar-refractivity contribution in [3.8, 4) is 0 Å². The van der Waals surface area contributed by atoms with E-state index in [4.69, 9.17) is 5.73 Å². The first-order chi connectivity index (χ1) is 10.0. The molecule has 6 heteroatoms. The van der Waals surface area contributed by atoms with Crippen molar-refractivity contribution in [2.75, 3.05) is 5.73 Å². The van der Waals surface area contributed by atoms with Crippen LogP contribution in [-0.2, 0) is 6.54 Å². The number of rotatable bonds is 2. The minimum Gasteiger partial charge on any atom is -0.383 e. The van der Waals surface area contributed by atoms with Crippen LogP contribution in [-0.4, -0.2) is 9.55 Å². The first-order valence-corrected chi connectivity index (χ1v) is 7.83. The Hall–Kier alpha value is -1.66. The molecule has 0 saturated carbocycles. The van der Waals surface area contributed by atoms with E-state index in [0.717, 1.165) is 20.9 Å². The van der Waals surface area contributed by atoms with Crippen molar-refractivity contribution >= 4 is 48.6 Å². The molecule has 3 aromatic rings. The SMILES string of the molecule is Nc1nc2ccccc2cc1Cn1cc(Br)cc(Br)c1=O. The topological polar surface area (TPSA) is 60.9 Å². The molecule has 0 aliphatic rings. The lowest BCUT2D eigenvalue weighted by Gasteiger charge is -2.10. The summed E-state index contributed by atoms with van der Waals surface area (Å²) in [7, 11) is 0. The molecule has 0 fully saturated rings. The van der Waals surface area contributed by atoms with Gasteiger partial charge < -0.3 is 10.3 Å². The van der Waals surface area contributed by atoms with Gasteiger partial charge in [-0.1, -0.05) is 18.2 Å². The molecule has 2 heterocycles. The van der Waals surface area contributed by atoms with Crippen LogP contribution >= 0.6 is 31.9 Å². The third kappa shape index (κ3) is 2.87. The fraction of sp³-hybridized carbons (Fsp3) is 0.0667. The Kier molecular flexibility index (Phi) is 3.82. The molecule has 0 atom stereocenters. The Labute approximate surface area is 137 Å². The first-order valence-electron chi connectivity index (χ1n) is 6.24. The van der Waals surface area contributed by atoms with Gasteiger partial charge in [-0.3, -0.25) is 4.79 Å². The van der Waals surface area contributed by atoms with Crippen molar-refractivity contribution in [1.29, 1.82) is 0 Å². The average Bonchev–Trinajstić information content (AvgIpc) is 2.45. The average molecular weight is 409 g/mol. The highest BCUT2D eigenvalue weighted by Crippen LogP contribution is 2.20. The van der Waals surface area contributed by atoms with E-state index in [1.54, 1.807) is 16.8 Å². The molecule has 0 aliphatic heterocycles. The lowest BCUT2D eigenvalue weighted by atomic mass is 10.1. The van der Waals surface area contributed by atoms with Crippen LogP contribution < -0.4 is 11.3 Å². The molecule has 0 amide bonds. The van der Waals surface area contributed by atoms with E-state index in [0.29, 0.717) is 16.8 Å². The fourth-order valence-electron chi connectivity index (χ4n) is 2.17. The van der Waals surface area contributed by atoms with Crippen LogP contribution in [0, 0.1) is 0 Å². The van der Waals surface area contributed by atoms with Crippen LogP contribution in [0.3, 0.4) is 0 Å². The summed E-state index contributed by atoms with van der Waals surface area (Å²) in [5.74, 6) is 0.441. The highest BCUT2D eigenvalue weighted by molar-refractivity contribution is 9.11. The third-order valence-corrected chi connectivity index (χ3v) is 4.19. The largest absolute Gasteiger partial charge is 0.383 e. The zero-order valence-electron chi connectivity index (χ0n) is 10.9. The van der Waals surface area contributed by atoms with Crippen LogP contribution in [0.4, 0.5) is 5.82 Å². The summed E-state index contributed by atoms with van der Waals surface area (Å²) in [6, 6.07) is 11.5. The van der Waals surface area contributed by atoms with Crippen molar-refractivity contribution in [3.05, 3.63) is 67.5 Å². The van der Waals surface area contributed by atoms with Crippen molar-refractivity contribution in [2.24, 2.45) is 0 Å². The molecule has 21 heavy (non-hydrogen) atoms. The number of pyridine rings is 2. The summed E-state index contributed by atoms with van der Waals surface area (Å²) in [6.45, 7) is 0.376. The second kappa shape index (κ2) is 5.61. The van der Waals surface area contributed by atoms with Gasteiger partial charge in [0, 0.05) is 21.6 Å². The van der Waals surface area contributed by atoms with Gasteiger partial charge in [0.1, 0.15) is 5.82 Å². The predicted molar refractivity (Wildman–Crippen MR) is 91.4 cm³/mol. The zero-order valence-corrected chi connectivity index (χ0v) is 14.1. The van der Waals surface area contributed by atoms with Gasteiger partial charge in [-0.25, -0.2) is 4.98 Å². The van der Waals surface area contributed by atoms with Gasteiger partial charge in [0.25, 0.3) is 5.56 Å². The van der Waals surface area contributed by atoms with Crippen molar-refractivity contribution < 1.29 is 0 Å². The van der Waals surface area contributed by atoms with Crippen LogP contribution in [0.2, 0.25) is 0 Å². The second-order valence-electron chi connectivity index (χ2n) is 4.66. The van der Waals surface area contributed by atoms with Gasteiger partial charge in [-0.15, -0.1) is 0 Å². The number of para-hydroxylation sites is 1. The van der Waals surface area contributed by atoms with Crippen molar-refractivity contribution in [1.82, 2.24) is 9.55 Å². The maximum atomic E-state index is 12.1. The predicted octanol–water partition coefficient (Wildman–Crippen LogP) is 3.55. The Morgan fingerprint density at radius 1 is 1.19 bits per heavy atom. The summed E-state index contributed by atoms with van der Waals surface area (Å²) in [4.78, 5) is 16.5. The number of halogens is 2. The Bertz CT molecular complexity index is 890. The molecule has 0 bridgehead atoms. The van der Waals surface area contributed by atoms with E-state index in [-0.39, 0.29) is 5.56 Å². The number of aromatic nitrogens is 2. The van der Waals surface area contributed by atoms with Gasteiger partial charge in [-0.2, -0.15) is 0 Å². The molecular weight excluding hydrogens is 398 g/mol. The minimum atomic E-state index is -0.106. The maximum absolute atomic E-state index is 12.1. The first kappa shape index (κ1) is 14.3. The standard InChI is InChI=1S/C15H11Br2N3O/c16-11-6-12(17)15(21)20(8-11)7-10-5-9-3-1-2-4-13(9)19-14(10)18/h1-6,8H,7H2,(H2,18,19). The molecule has 2 aromatic heterocycles. The van der Waals surface area contributed by atoms with Gasteiger partial charge in [0.05, 0.1) is 16.5 Å². The molecular formula is C15H11Br2N3O. The van der Waals surface area contributed by atoms with Crippen LogP contribution in [0.5, 0.6) is 0 Å². The molecule has 3 rings (SSSR count). The number of benzene rings is 1. The number of nitrogen functional groups attached to an aromatic ring is 1. The Balaban J connectivity index is 2.10. The summed E-state index contributed by atoms with van der Waals surface area (Å²) >= 11 is 6.64. The van der Waals surface area contributed by atoms with Gasteiger partial charge in [-0.05, 0) is 50.1 Å². The van der Waals surface area contributed by atoms with Crippen LogP contribution in [0.15, 0.2) is 56.3 Å². The quantitative estimate of drug-likeness (QED) is 0.705. The van der Waals surface area contributed by atoms with Gasteiger partial charge >= 0.3 is 0 Å². The Morgan fingerprint density at radius 2 is 1.95 bits per heavy atom. The molecule has 0 aliphatic carbocycles. The third-order valence-electron chi connectivity index (χ3n) is 3.19. The smallest absolute Gasteiger partial charge is 0.265 e. The summed E-state index contributed by atoms with van der Waals surface area (Å²) in [5.41, 5.74) is 7.57. The zero-order chi connectivity index (χ0) is 15.0. The van der Waals surface area contributed by atoms with Crippen molar-refractivity contribution in [3.63, 3.8) is 0 Å². The van der Waals surface area contributed by atoms with E-state index in [1.165, 1.54) is 0 Å². The number of hydrogen-bond acceptors (Lipinski definition) is 3. The normalized spacial score (nSPS) is 11.0. The Morgan fingerprint density at radius 3 is 2.76 bits per heavy atom. The molecule has 0 unspecified atom stereocenters. The summed E-state index contributed by atoms with van der Waals surface area (Å²) < 4.78 is 2.92. The lowest BCUT2D eigenvalue weighted by Crippen LogP contribution is -2.21. The highest BCUT2D eigenvalue weighted by Gasteiger charge is 2.08. The number of nitrogens with zero attached hydrogens (tertiary/aromatic N) is 2. The molecule has 0 saturated heterocycles. The maximum Gasteiger partial charge on any atom is 0.265 e.